The second-order valence-electron chi connectivity index (χ2n) is 8.16. The van der Waals surface area contributed by atoms with Crippen LogP contribution in [-0.4, -0.2) is 51.4 Å². The second kappa shape index (κ2) is 7.98. The number of carbonyl (C=O) groups excluding carboxylic acids is 2. The van der Waals surface area contributed by atoms with E-state index in [2.05, 4.69) is 10.2 Å². The van der Waals surface area contributed by atoms with Crippen molar-refractivity contribution in [2.75, 3.05) is 19.6 Å². The van der Waals surface area contributed by atoms with E-state index in [0.717, 1.165) is 64.6 Å². The largest absolute Gasteiger partial charge is 0.423 e. The van der Waals surface area contributed by atoms with Crippen LogP contribution < -0.4 is 0 Å². The molecule has 148 valence electrons. The van der Waals surface area contributed by atoms with Crippen LogP contribution in [0, 0.1) is 5.92 Å². The van der Waals surface area contributed by atoms with Crippen LogP contribution in [0.2, 0.25) is 0 Å². The molecule has 0 aromatic carbocycles. The normalized spacial score (nSPS) is 24.7. The molecule has 2 saturated heterocycles. The number of likely N-dealkylation sites (tertiary alicyclic amines) is 2. The minimum atomic E-state index is -0.0603. The number of aromatic nitrogens is 2. The summed E-state index contributed by atoms with van der Waals surface area (Å²) in [4.78, 5) is 28.6. The first-order chi connectivity index (χ1) is 13.2. The van der Waals surface area contributed by atoms with E-state index in [1.807, 2.05) is 16.7 Å². The van der Waals surface area contributed by atoms with Gasteiger partial charge in [-0.25, -0.2) is 0 Å². The minimum Gasteiger partial charge on any atom is -0.423 e. The summed E-state index contributed by atoms with van der Waals surface area (Å²) in [5.41, 5.74) is 0. The standard InChI is InChI=1S/C20H30N4O3/c1-2-17(25)23-12-9-14(10-13-23)18-21-22-19(27-18)16-8-3-4-11-24(16)20(26)15-6-5-7-15/h14-16H,2-13H2,1H3/t16-/m1/s1. The van der Waals surface area contributed by atoms with Crippen LogP contribution >= 0.6 is 0 Å². The molecule has 1 atom stereocenters. The predicted octanol–water partition coefficient (Wildman–Crippen LogP) is 3.04. The van der Waals surface area contributed by atoms with Crippen molar-refractivity contribution in [2.45, 2.75) is 76.7 Å². The molecule has 0 radical (unpaired) electrons. The Kier molecular flexibility index (Phi) is 5.45. The molecule has 3 heterocycles. The zero-order chi connectivity index (χ0) is 18.8. The zero-order valence-electron chi connectivity index (χ0n) is 16.2. The van der Waals surface area contributed by atoms with Crippen molar-refractivity contribution in [3.63, 3.8) is 0 Å². The number of piperidine rings is 2. The summed E-state index contributed by atoms with van der Waals surface area (Å²) >= 11 is 0. The average Bonchev–Trinajstić information content (AvgIpc) is 3.16. The highest BCUT2D eigenvalue weighted by Gasteiger charge is 2.37. The number of nitrogens with zero attached hydrogens (tertiary/aromatic N) is 4. The lowest BCUT2D eigenvalue weighted by Crippen LogP contribution is -2.43. The van der Waals surface area contributed by atoms with Gasteiger partial charge in [0.1, 0.15) is 6.04 Å². The van der Waals surface area contributed by atoms with E-state index >= 15 is 0 Å². The van der Waals surface area contributed by atoms with Crippen molar-refractivity contribution >= 4 is 11.8 Å². The van der Waals surface area contributed by atoms with Crippen molar-refractivity contribution < 1.29 is 14.0 Å². The molecule has 7 heteroatoms. The van der Waals surface area contributed by atoms with Crippen LogP contribution in [0.15, 0.2) is 4.42 Å². The number of amides is 2. The van der Waals surface area contributed by atoms with E-state index < -0.39 is 0 Å². The Labute approximate surface area is 160 Å². The van der Waals surface area contributed by atoms with Gasteiger partial charge in [-0.3, -0.25) is 9.59 Å². The molecule has 7 nitrogen and oxygen atoms in total. The molecule has 2 amide bonds. The van der Waals surface area contributed by atoms with Gasteiger partial charge in [0, 0.05) is 37.9 Å². The highest BCUT2D eigenvalue weighted by molar-refractivity contribution is 5.80. The number of hydrogen-bond donors (Lipinski definition) is 0. The number of rotatable bonds is 4. The summed E-state index contributed by atoms with van der Waals surface area (Å²) in [6.45, 7) is 4.21. The van der Waals surface area contributed by atoms with Crippen LogP contribution in [0.3, 0.4) is 0 Å². The maximum absolute atomic E-state index is 12.8. The third-order valence-corrected chi connectivity index (χ3v) is 6.48. The molecule has 27 heavy (non-hydrogen) atoms. The van der Waals surface area contributed by atoms with Crippen LogP contribution in [0.5, 0.6) is 0 Å². The summed E-state index contributed by atoms with van der Waals surface area (Å²) in [5.74, 6) is 2.18. The lowest BCUT2D eigenvalue weighted by atomic mass is 9.83. The van der Waals surface area contributed by atoms with Crippen LogP contribution in [-0.2, 0) is 9.59 Å². The third-order valence-electron chi connectivity index (χ3n) is 6.48. The highest BCUT2D eigenvalue weighted by atomic mass is 16.4. The average molecular weight is 374 g/mol. The van der Waals surface area contributed by atoms with Gasteiger partial charge in [-0.05, 0) is 44.9 Å². The van der Waals surface area contributed by atoms with E-state index in [1.165, 1.54) is 6.42 Å². The molecule has 4 rings (SSSR count). The number of carbonyl (C=O) groups is 2. The van der Waals surface area contributed by atoms with Gasteiger partial charge in [-0.15, -0.1) is 10.2 Å². The van der Waals surface area contributed by atoms with Gasteiger partial charge in [-0.2, -0.15) is 0 Å². The summed E-state index contributed by atoms with van der Waals surface area (Å²) in [6.07, 6.45) is 8.54. The Morgan fingerprint density at radius 3 is 2.37 bits per heavy atom. The molecule has 0 N–H and O–H groups in total. The minimum absolute atomic E-state index is 0.0603. The summed E-state index contributed by atoms with van der Waals surface area (Å²) in [6, 6.07) is -0.0603. The Morgan fingerprint density at radius 1 is 0.963 bits per heavy atom. The molecule has 2 aliphatic heterocycles. The zero-order valence-corrected chi connectivity index (χ0v) is 16.2. The summed E-state index contributed by atoms with van der Waals surface area (Å²) < 4.78 is 6.08. The first-order valence-electron chi connectivity index (χ1n) is 10.6. The van der Waals surface area contributed by atoms with Gasteiger partial charge in [-0.1, -0.05) is 13.3 Å². The number of hydrogen-bond acceptors (Lipinski definition) is 5. The van der Waals surface area contributed by atoms with E-state index in [1.54, 1.807) is 0 Å². The van der Waals surface area contributed by atoms with Crippen molar-refractivity contribution in [1.29, 1.82) is 0 Å². The first kappa shape index (κ1) is 18.4. The lowest BCUT2D eigenvalue weighted by Gasteiger charge is -2.38. The van der Waals surface area contributed by atoms with Crippen molar-refractivity contribution in [1.82, 2.24) is 20.0 Å². The second-order valence-corrected chi connectivity index (χ2v) is 8.16. The van der Waals surface area contributed by atoms with Gasteiger partial charge >= 0.3 is 0 Å². The van der Waals surface area contributed by atoms with Gasteiger partial charge in [0.2, 0.25) is 23.6 Å². The Hall–Kier alpha value is -1.92. The predicted molar refractivity (Wildman–Crippen MR) is 98.8 cm³/mol. The van der Waals surface area contributed by atoms with E-state index in [9.17, 15) is 9.59 Å². The Balaban J connectivity index is 1.42. The van der Waals surface area contributed by atoms with Crippen molar-refractivity contribution in [2.24, 2.45) is 5.92 Å². The SMILES string of the molecule is CCC(=O)N1CCC(c2nnc([C@H]3CCCCN3C(=O)C3CCC3)o2)CC1. The summed E-state index contributed by atoms with van der Waals surface area (Å²) in [7, 11) is 0. The van der Waals surface area contributed by atoms with Gasteiger partial charge in [0.05, 0.1) is 0 Å². The molecular weight excluding hydrogens is 344 g/mol. The van der Waals surface area contributed by atoms with Crippen LogP contribution in [0.25, 0.3) is 0 Å². The maximum Gasteiger partial charge on any atom is 0.238 e. The van der Waals surface area contributed by atoms with E-state index in [4.69, 9.17) is 4.42 Å². The van der Waals surface area contributed by atoms with Crippen molar-refractivity contribution in [3.8, 4) is 0 Å². The monoisotopic (exact) mass is 374 g/mol. The molecule has 1 aromatic heterocycles. The quantitative estimate of drug-likeness (QED) is 0.809. The van der Waals surface area contributed by atoms with Gasteiger partial charge < -0.3 is 14.2 Å². The van der Waals surface area contributed by atoms with Gasteiger partial charge in [0.25, 0.3) is 0 Å². The molecule has 0 unspecified atom stereocenters. The van der Waals surface area contributed by atoms with Crippen LogP contribution in [0.1, 0.15) is 88.5 Å². The third kappa shape index (κ3) is 3.73. The van der Waals surface area contributed by atoms with E-state index in [-0.39, 0.29) is 29.7 Å². The molecule has 0 spiro atoms. The molecule has 1 saturated carbocycles. The molecule has 3 fully saturated rings. The summed E-state index contributed by atoms with van der Waals surface area (Å²) in [5, 5.41) is 8.65. The topological polar surface area (TPSA) is 79.5 Å². The molecule has 3 aliphatic rings. The first-order valence-corrected chi connectivity index (χ1v) is 10.6. The highest BCUT2D eigenvalue weighted by Crippen LogP contribution is 2.37. The molecular formula is C20H30N4O3. The van der Waals surface area contributed by atoms with E-state index in [0.29, 0.717) is 18.2 Å². The fourth-order valence-corrected chi connectivity index (χ4v) is 4.49. The molecule has 1 aliphatic carbocycles. The molecule has 0 bridgehead atoms. The van der Waals surface area contributed by atoms with Crippen molar-refractivity contribution in [3.05, 3.63) is 11.8 Å². The smallest absolute Gasteiger partial charge is 0.238 e. The Morgan fingerprint density at radius 2 is 1.70 bits per heavy atom. The van der Waals surface area contributed by atoms with Crippen LogP contribution in [0.4, 0.5) is 0 Å². The fraction of sp³-hybridized carbons (Fsp3) is 0.800. The fourth-order valence-electron chi connectivity index (χ4n) is 4.49. The molecule has 1 aromatic rings. The lowest BCUT2D eigenvalue weighted by molar-refractivity contribution is -0.142. The van der Waals surface area contributed by atoms with Gasteiger partial charge in [0.15, 0.2) is 0 Å². The Bertz CT molecular complexity index is 677. The maximum atomic E-state index is 12.8.